The molecule has 0 amide bonds. The van der Waals surface area contributed by atoms with Gasteiger partial charge in [-0.2, -0.15) is 4.98 Å². The Morgan fingerprint density at radius 1 is 1.41 bits per heavy atom. The van der Waals surface area contributed by atoms with E-state index in [0.29, 0.717) is 5.82 Å². The maximum atomic E-state index is 11.8. The van der Waals surface area contributed by atoms with E-state index < -0.39 is 15.6 Å². The van der Waals surface area contributed by atoms with Crippen LogP contribution in [0.2, 0.25) is 0 Å². The van der Waals surface area contributed by atoms with Gasteiger partial charge in [0.15, 0.2) is 5.82 Å². The molecule has 0 aliphatic rings. The van der Waals surface area contributed by atoms with E-state index >= 15 is 0 Å². The number of rotatable bonds is 3. The molecule has 17 heavy (non-hydrogen) atoms. The molecule has 0 saturated heterocycles. The smallest absolute Gasteiger partial charge is 0.328 e. The highest BCUT2D eigenvalue weighted by atomic mass is 32.2. The largest absolute Gasteiger partial charge is 0.335 e. The normalized spacial score (nSPS) is 11.4. The number of aryl methyl sites for hydroxylation is 1. The molecule has 0 aliphatic carbocycles. The van der Waals surface area contributed by atoms with Crippen molar-refractivity contribution in [1.82, 2.24) is 15.1 Å². The van der Waals surface area contributed by atoms with Crippen LogP contribution in [0.3, 0.4) is 0 Å². The zero-order valence-electron chi connectivity index (χ0n) is 8.67. The van der Waals surface area contributed by atoms with E-state index in [4.69, 9.17) is 0 Å². The lowest BCUT2D eigenvalue weighted by Gasteiger charge is -2.02. The van der Waals surface area contributed by atoms with Gasteiger partial charge in [0, 0.05) is 12.3 Å². The standard InChI is InChI=1S/C8H8N4O4S/c1-5-10-8(16-11-5)12-17(14,15)6-2-3-7(13)9-4-6/h2-4H,1H3,(H,9,13)(H,10,11,12). The molecule has 2 aromatic rings. The van der Waals surface area contributed by atoms with E-state index in [-0.39, 0.29) is 10.9 Å². The Morgan fingerprint density at radius 2 is 2.18 bits per heavy atom. The number of aromatic amines is 1. The fourth-order valence-corrected chi connectivity index (χ4v) is 1.97. The Kier molecular flexibility index (Phi) is 2.68. The highest BCUT2D eigenvalue weighted by molar-refractivity contribution is 7.92. The number of hydrogen-bond donors (Lipinski definition) is 2. The number of anilines is 1. The minimum atomic E-state index is -3.83. The molecule has 0 atom stereocenters. The molecule has 0 unspecified atom stereocenters. The van der Waals surface area contributed by atoms with Crippen LogP contribution >= 0.6 is 0 Å². The van der Waals surface area contributed by atoms with Crippen molar-refractivity contribution < 1.29 is 12.9 Å². The number of H-pyrrole nitrogens is 1. The Morgan fingerprint density at radius 3 is 2.71 bits per heavy atom. The summed E-state index contributed by atoms with van der Waals surface area (Å²) < 4.78 is 30.2. The van der Waals surface area contributed by atoms with Gasteiger partial charge in [0.1, 0.15) is 4.90 Å². The van der Waals surface area contributed by atoms with E-state index in [1.165, 1.54) is 6.07 Å². The lowest BCUT2D eigenvalue weighted by atomic mass is 10.5. The zero-order chi connectivity index (χ0) is 12.5. The summed E-state index contributed by atoms with van der Waals surface area (Å²) in [6, 6.07) is 2.05. The first-order valence-electron chi connectivity index (χ1n) is 4.49. The second-order valence-corrected chi connectivity index (χ2v) is 4.82. The number of sulfonamides is 1. The minimum Gasteiger partial charge on any atom is -0.328 e. The Balaban J connectivity index is 2.31. The van der Waals surface area contributed by atoms with Gasteiger partial charge < -0.3 is 9.51 Å². The molecule has 2 N–H and O–H groups in total. The van der Waals surface area contributed by atoms with Gasteiger partial charge in [-0.3, -0.25) is 4.79 Å². The van der Waals surface area contributed by atoms with E-state index in [2.05, 4.69) is 24.4 Å². The van der Waals surface area contributed by atoms with E-state index in [1.807, 2.05) is 0 Å². The predicted molar refractivity (Wildman–Crippen MR) is 56.9 cm³/mol. The molecule has 0 saturated carbocycles. The van der Waals surface area contributed by atoms with Crippen LogP contribution in [0, 0.1) is 6.92 Å². The number of aromatic nitrogens is 3. The van der Waals surface area contributed by atoms with Crippen LogP contribution in [0.5, 0.6) is 0 Å². The first kappa shape index (κ1) is 11.3. The van der Waals surface area contributed by atoms with Gasteiger partial charge in [-0.1, -0.05) is 5.16 Å². The third-order valence-electron chi connectivity index (χ3n) is 1.82. The quantitative estimate of drug-likeness (QED) is 0.789. The zero-order valence-corrected chi connectivity index (χ0v) is 9.48. The molecular weight excluding hydrogens is 248 g/mol. The summed E-state index contributed by atoms with van der Waals surface area (Å²) in [5.74, 6) is 0.309. The molecule has 2 heterocycles. The molecular formula is C8H8N4O4S. The van der Waals surface area contributed by atoms with Crippen molar-refractivity contribution in [2.75, 3.05) is 4.72 Å². The maximum absolute atomic E-state index is 11.8. The molecule has 0 spiro atoms. The van der Waals surface area contributed by atoms with Crippen molar-refractivity contribution >= 4 is 16.0 Å². The topological polar surface area (TPSA) is 118 Å². The van der Waals surface area contributed by atoms with Crippen LogP contribution in [0.4, 0.5) is 6.01 Å². The van der Waals surface area contributed by atoms with Gasteiger partial charge in [-0.15, -0.1) is 0 Å². The SMILES string of the molecule is Cc1noc(NS(=O)(=O)c2ccc(=O)[nH]c2)n1. The van der Waals surface area contributed by atoms with Crippen LogP contribution < -0.4 is 10.3 Å². The molecule has 0 bridgehead atoms. The first-order valence-corrected chi connectivity index (χ1v) is 5.97. The minimum absolute atomic E-state index is 0.104. The summed E-state index contributed by atoms with van der Waals surface area (Å²) in [6.45, 7) is 1.56. The lowest BCUT2D eigenvalue weighted by molar-refractivity contribution is 0.429. The molecule has 0 aliphatic heterocycles. The van der Waals surface area contributed by atoms with E-state index in [0.717, 1.165) is 12.3 Å². The summed E-state index contributed by atoms with van der Waals surface area (Å²) >= 11 is 0. The first-order chi connectivity index (χ1) is 7.97. The number of hydrogen-bond acceptors (Lipinski definition) is 6. The van der Waals surface area contributed by atoms with Crippen LogP contribution in [0.15, 0.2) is 32.5 Å². The summed E-state index contributed by atoms with van der Waals surface area (Å²) in [5, 5.41) is 3.44. The molecule has 9 heteroatoms. The maximum Gasteiger partial charge on any atom is 0.335 e. The van der Waals surface area contributed by atoms with Gasteiger partial charge in [0.05, 0.1) is 0 Å². The van der Waals surface area contributed by atoms with Crippen LogP contribution in [-0.2, 0) is 10.0 Å². The van der Waals surface area contributed by atoms with E-state index in [1.54, 1.807) is 6.92 Å². The van der Waals surface area contributed by atoms with Gasteiger partial charge in [0.25, 0.3) is 10.0 Å². The second-order valence-electron chi connectivity index (χ2n) is 3.14. The van der Waals surface area contributed by atoms with E-state index in [9.17, 15) is 13.2 Å². The Hall–Kier alpha value is -2.16. The average Bonchev–Trinajstić information content (AvgIpc) is 2.63. The molecule has 2 rings (SSSR count). The number of nitrogens with zero attached hydrogens (tertiary/aromatic N) is 2. The third-order valence-corrected chi connectivity index (χ3v) is 3.13. The summed E-state index contributed by atoms with van der Waals surface area (Å²) in [6.07, 6.45) is 1.08. The lowest BCUT2D eigenvalue weighted by Crippen LogP contribution is -2.15. The van der Waals surface area contributed by atoms with Gasteiger partial charge in [0.2, 0.25) is 5.56 Å². The van der Waals surface area contributed by atoms with Gasteiger partial charge >= 0.3 is 6.01 Å². The molecule has 2 aromatic heterocycles. The summed E-state index contributed by atoms with van der Waals surface area (Å²) in [5.41, 5.74) is -0.391. The van der Waals surface area contributed by atoms with Crippen LogP contribution in [0.1, 0.15) is 5.82 Å². The molecule has 8 nitrogen and oxygen atoms in total. The molecule has 0 aromatic carbocycles. The Bertz CT molecular complexity index is 667. The Labute approximate surface area is 95.7 Å². The van der Waals surface area contributed by atoms with Crippen molar-refractivity contribution in [3.8, 4) is 0 Å². The van der Waals surface area contributed by atoms with Gasteiger partial charge in [-0.05, 0) is 13.0 Å². The fraction of sp³-hybridized carbons (Fsp3) is 0.125. The average molecular weight is 256 g/mol. The molecule has 0 radical (unpaired) electrons. The molecule has 90 valence electrons. The van der Waals surface area contributed by atoms with Crippen molar-refractivity contribution in [2.24, 2.45) is 0 Å². The number of nitrogens with one attached hydrogen (secondary N) is 2. The third kappa shape index (κ3) is 2.50. The number of pyridine rings is 1. The summed E-state index contributed by atoms with van der Waals surface area (Å²) in [7, 11) is -3.83. The summed E-state index contributed by atoms with van der Waals surface area (Å²) in [4.78, 5) is 16.6. The highest BCUT2D eigenvalue weighted by Gasteiger charge is 2.17. The van der Waals surface area contributed by atoms with Crippen LogP contribution in [-0.4, -0.2) is 23.5 Å². The highest BCUT2D eigenvalue weighted by Crippen LogP contribution is 2.11. The monoisotopic (exact) mass is 256 g/mol. The van der Waals surface area contributed by atoms with Crippen molar-refractivity contribution in [2.45, 2.75) is 11.8 Å². The fourth-order valence-electron chi connectivity index (χ4n) is 1.08. The predicted octanol–water partition coefficient (Wildman–Crippen LogP) is -0.133. The van der Waals surface area contributed by atoms with Crippen molar-refractivity contribution in [1.29, 1.82) is 0 Å². The second kappa shape index (κ2) is 4.01. The van der Waals surface area contributed by atoms with Gasteiger partial charge in [-0.25, -0.2) is 13.1 Å². The van der Waals surface area contributed by atoms with Crippen molar-refractivity contribution in [3.63, 3.8) is 0 Å². The van der Waals surface area contributed by atoms with Crippen molar-refractivity contribution in [3.05, 3.63) is 34.5 Å². The van der Waals surface area contributed by atoms with Crippen LogP contribution in [0.25, 0.3) is 0 Å². The molecule has 0 fully saturated rings.